The van der Waals surface area contributed by atoms with E-state index in [0.717, 1.165) is 13.6 Å². The molecule has 12 heavy (non-hydrogen) atoms. The van der Waals surface area contributed by atoms with Crippen molar-refractivity contribution in [2.45, 2.75) is 13.3 Å². The largest absolute Gasteiger partial charge is 0.198 e. The predicted molar refractivity (Wildman–Crippen MR) is 60.9 cm³/mol. The van der Waals surface area contributed by atoms with Crippen LogP contribution in [0, 0.1) is 21.8 Å². The van der Waals surface area contributed by atoms with E-state index >= 15 is 0 Å². The van der Waals surface area contributed by atoms with E-state index in [1.807, 2.05) is 13.0 Å². The summed E-state index contributed by atoms with van der Waals surface area (Å²) in [6, 6.07) is 6.27. The third kappa shape index (κ3) is 2.20. The Morgan fingerprint density at radius 2 is 2.25 bits per heavy atom. The Hall–Kier alpha value is -0.0800. The normalized spacial score (nSPS) is 9.50. The molecule has 0 aliphatic rings. The van der Waals surface area contributed by atoms with Crippen LogP contribution < -0.4 is 0 Å². The number of benzene rings is 1. The first-order valence-corrected chi connectivity index (χ1v) is 5.34. The molecule has 0 aromatic heterocycles. The fourth-order valence-corrected chi connectivity index (χ4v) is 2.22. The molecule has 0 bridgehead atoms. The maximum absolute atomic E-state index is 8.55. The van der Waals surface area contributed by atoms with Gasteiger partial charge in [-0.05, 0) is 62.6 Å². The highest BCUT2D eigenvalue weighted by atomic mass is 127. The van der Waals surface area contributed by atoms with Gasteiger partial charge in [-0.25, -0.2) is 0 Å². The molecule has 0 unspecified atom stereocenters. The van der Waals surface area contributed by atoms with Crippen LogP contribution in [0.2, 0.25) is 0 Å². The summed E-state index contributed by atoms with van der Waals surface area (Å²) in [5.41, 5.74) is 2.27. The minimum absolute atomic E-state index is 0.471. The van der Waals surface area contributed by atoms with Gasteiger partial charge in [0.25, 0.3) is 0 Å². The van der Waals surface area contributed by atoms with Gasteiger partial charge < -0.3 is 0 Å². The number of hydrogen-bond donors (Lipinski definition) is 0. The van der Waals surface area contributed by atoms with Crippen LogP contribution in [-0.2, 0) is 6.42 Å². The number of nitrogens with zero attached hydrogens (tertiary/aromatic N) is 1. The Morgan fingerprint density at radius 3 is 2.83 bits per heavy atom. The van der Waals surface area contributed by atoms with Gasteiger partial charge in [-0.3, -0.25) is 0 Å². The molecular formula is C9H7BrIN. The highest BCUT2D eigenvalue weighted by Gasteiger charge is 2.03. The second-order valence-corrected chi connectivity index (χ2v) is 4.51. The first-order chi connectivity index (χ1) is 5.65. The van der Waals surface area contributed by atoms with Gasteiger partial charge in [-0.2, -0.15) is 5.26 Å². The molecule has 0 atom stereocenters. The van der Waals surface area contributed by atoms with Crippen molar-refractivity contribution in [3.63, 3.8) is 0 Å². The maximum Gasteiger partial charge on any atom is 0.0670 e. The topological polar surface area (TPSA) is 23.8 Å². The molecule has 0 aliphatic heterocycles. The maximum atomic E-state index is 8.55. The lowest BCUT2D eigenvalue weighted by atomic mass is 10.1. The first kappa shape index (κ1) is 10.0. The van der Waals surface area contributed by atoms with E-state index in [9.17, 15) is 0 Å². The third-order valence-corrected chi connectivity index (χ3v) is 4.05. The van der Waals surface area contributed by atoms with Crippen molar-refractivity contribution >= 4 is 38.5 Å². The summed E-state index contributed by atoms with van der Waals surface area (Å²) in [7, 11) is 0. The molecule has 3 heteroatoms. The van der Waals surface area contributed by atoms with E-state index in [2.05, 4.69) is 50.7 Å². The molecule has 1 aromatic carbocycles. The van der Waals surface area contributed by atoms with Gasteiger partial charge in [0.05, 0.1) is 12.5 Å². The van der Waals surface area contributed by atoms with Crippen LogP contribution in [0.3, 0.4) is 0 Å². The van der Waals surface area contributed by atoms with E-state index < -0.39 is 0 Å². The molecular weight excluding hydrogens is 329 g/mol. The van der Waals surface area contributed by atoms with Crippen LogP contribution in [0.1, 0.15) is 11.1 Å². The molecule has 0 spiro atoms. The Bertz CT molecular complexity index is 341. The average molecular weight is 336 g/mol. The lowest BCUT2D eigenvalue weighted by Crippen LogP contribution is -1.88. The van der Waals surface area contributed by atoms with Crippen LogP contribution in [0.25, 0.3) is 0 Å². The molecule has 0 fully saturated rings. The summed E-state index contributed by atoms with van der Waals surface area (Å²) in [6.45, 7) is 2.04. The lowest BCUT2D eigenvalue weighted by molar-refractivity contribution is 1.22. The van der Waals surface area contributed by atoms with Gasteiger partial charge in [0.15, 0.2) is 0 Å². The van der Waals surface area contributed by atoms with Crippen molar-refractivity contribution < 1.29 is 0 Å². The summed E-state index contributed by atoms with van der Waals surface area (Å²) in [6.07, 6.45) is 0.471. The van der Waals surface area contributed by atoms with Gasteiger partial charge >= 0.3 is 0 Å². The molecule has 0 saturated heterocycles. The smallest absolute Gasteiger partial charge is 0.0670 e. The Labute approximate surface area is 94.0 Å². The zero-order valence-corrected chi connectivity index (χ0v) is 10.3. The molecule has 0 heterocycles. The van der Waals surface area contributed by atoms with E-state index in [4.69, 9.17) is 5.26 Å². The molecule has 1 nitrogen and oxygen atoms in total. The fraction of sp³-hybridized carbons (Fsp3) is 0.222. The summed E-state index contributed by atoms with van der Waals surface area (Å²) in [5, 5.41) is 8.55. The van der Waals surface area contributed by atoms with Gasteiger partial charge in [-0.1, -0.05) is 6.07 Å². The summed E-state index contributed by atoms with van der Waals surface area (Å²) in [4.78, 5) is 0. The monoisotopic (exact) mass is 335 g/mol. The molecule has 0 aliphatic carbocycles. The minimum atomic E-state index is 0.471. The van der Waals surface area contributed by atoms with Gasteiger partial charge in [0.1, 0.15) is 0 Å². The first-order valence-electron chi connectivity index (χ1n) is 3.46. The van der Waals surface area contributed by atoms with Crippen molar-refractivity contribution in [1.82, 2.24) is 0 Å². The Balaban J connectivity index is 3.20. The number of nitriles is 1. The molecule has 0 saturated carbocycles. The van der Waals surface area contributed by atoms with E-state index in [1.54, 1.807) is 0 Å². The van der Waals surface area contributed by atoms with Crippen LogP contribution in [0.15, 0.2) is 16.6 Å². The van der Waals surface area contributed by atoms with Crippen molar-refractivity contribution in [2.24, 2.45) is 0 Å². The summed E-state index contributed by atoms with van der Waals surface area (Å²) in [5.74, 6) is 0. The SMILES string of the molecule is Cc1cc(I)c(Br)c(CC#N)c1. The van der Waals surface area contributed by atoms with Gasteiger partial charge in [0.2, 0.25) is 0 Å². The Kier molecular flexibility index (Phi) is 3.53. The van der Waals surface area contributed by atoms with Crippen molar-refractivity contribution in [1.29, 1.82) is 5.26 Å². The molecule has 0 radical (unpaired) electrons. The molecule has 0 N–H and O–H groups in total. The third-order valence-electron chi connectivity index (χ3n) is 1.52. The van der Waals surface area contributed by atoms with Crippen molar-refractivity contribution in [3.05, 3.63) is 31.3 Å². The quantitative estimate of drug-likeness (QED) is 0.721. The summed E-state index contributed by atoms with van der Waals surface area (Å²) >= 11 is 5.72. The van der Waals surface area contributed by atoms with Crippen LogP contribution in [0.4, 0.5) is 0 Å². The fourth-order valence-electron chi connectivity index (χ4n) is 1.01. The molecule has 0 amide bonds. The van der Waals surface area contributed by atoms with E-state index in [-0.39, 0.29) is 0 Å². The predicted octanol–water partition coefficient (Wildman–Crippen LogP) is 3.43. The highest BCUT2D eigenvalue weighted by Crippen LogP contribution is 2.25. The number of halogens is 2. The van der Waals surface area contributed by atoms with Crippen LogP contribution in [0.5, 0.6) is 0 Å². The minimum Gasteiger partial charge on any atom is -0.198 e. The second-order valence-electron chi connectivity index (χ2n) is 2.55. The van der Waals surface area contributed by atoms with Crippen LogP contribution in [-0.4, -0.2) is 0 Å². The summed E-state index contributed by atoms with van der Waals surface area (Å²) < 4.78 is 2.22. The average Bonchev–Trinajstić information content (AvgIpc) is 2.00. The lowest BCUT2D eigenvalue weighted by Gasteiger charge is -2.03. The molecule has 62 valence electrons. The van der Waals surface area contributed by atoms with Crippen molar-refractivity contribution in [3.8, 4) is 6.07 Å². The number of aryl methyl sites for hydroxylation is 1. The zero-order valence-electron chi connectivity index (χ0n) is 6.56. The Morgan fingerprint density at radius 1 is 1.58 bits per heavy atom. The number of rotatable bonds is 1. The standard InChI is InChI=1S/C9H7BrIN/c1-6-4-7(2-3-12)9(10)8(11)5-6/h4-5H,2H2,1H3. The van der Waals surface area contributed by atoms with Crippen LogP contribution >= 0.6 is 38.5 Å². The van der Waals surface area contributed by atoms with E-state index in [1.165, 1.54) is 5.56 Å². The second kappa shape index (κ2) is 4.24. The zero-order chi connectivity index (χ0) is 9.14. The molecule has 1 aromatic rings. The highest BCUT2D eigenvalue weighted by molar-refractivity contribution is 14.1. The van der Waals surface area contributed by atoms with Crippen molar-refractivity contribution in [2.75, 3.05) is 0 Å². The van der Waals surface area contributed by atoms with E-state index in [0.29, 0.717) is 6.42 Å². The van der Waals surface area contributed by atoms with Gasteiger partial charge in [-0.15, -0.1) is 0 Å². The number of hydrogen-bond acceptors (Lipinski definition) is 1. The van der Waals surface area contributed by atoms with Gasteiger partial charge in [0, 0.05) is 8.04 Å². The molecule has 1 rings (SSSR count).